The number of carbonyl (C=O) groups is 1. The Morgan fingerprint density at radius 1 is 1.45 bits per heavy atom. The average Bonchev–Trinajstić information content (AvgIpc) is 2.83. The van der Waals surface area contributed by atoms with Crippen LogP contribution >= 0.6 is 0 Å². The van der Waals surface area contributed by atoms with E-state index in [2.05, 4.69) is 9.97 Å². The van der Waals surface area contributed by atoms with Crippen LogP contribution < -0.4 is 5.56 Å². The molecule has 6 heteroatoms. The zero-order valence-corrected chi connectivity index (χ0v) is 11.1. The van der Waals surface area contributed by atoms with Crippen LogP contribution in [0.3, 0.4) is 0 Å². The molecule has 0 fully saturated rings. The minimum Gasteiger partial charge on any atom is -0.461 e. The lowest BCUT2D eigenvalue weighted by molar-refractivity contribution is 0.0520. The van der Waals surface area contributed by atoms with Gasteiger partial charge in [0.1, 0.15) is 11.3 Å². The van der Waals surface area contributed by atoms with E-state index < -0.39 is 5.97 Å². The van der Waals surface area contributed by atoms with Crippen LogP contribution in [0.5, 0.6) is 0 Å². The summed E-state index contributed by atoms with van der Waals surface area (Å²) in [6, 6.07) is 5.21. The summed E-state index contributed by atoms with van der Waals surface area (Å²) in [5, 5.41) is 0.907. The molecule has 0 spiro atoms. The van der Waals surface area contributed by atoms with Crippen LogP contribution in [0, 0.1) is 6.92 Å². The molecular formula is C14H13N3O3. The lowest BCUT2D eigenvalue weighted by Gasteiger charge is -2.03. The number of aryl methyl sites for hydroxylation is 1. The second-order valence-corrected chi connectivity index (χ2v) is 4.49. The molecule has 0 saturated carbocycles. The Balaban J connectivity index is 2.31. The van der Waals surface area contributed by atoms with Crippen molar-refractivity contribution in [2.75, 3.05) is 6.61 Å². The van der Waals surface area contributed by atoms with Crippen LogP contribution in [-0.4, -0.2) is 26.9 Å². The maximum absolute atomic E-state index is 11.7. The first-order valence-corrected chi connectivity index (χ1v) is 6.29. The second-order valence-electron chi connectivity index (χ2n) is 4.49. The number of fused-ring (bicyclic) bond motifs is 3. The molecule has 6 nitrogen and oxygen atoms in total. The third kappa shape index (κ3) is 1.85. The van der Waals surface area contributed by atoms with Crippen LogP contribution in [0.4, 0.5) is 0 Å². The Morgan fingerprint density at radius 3 is 3.00 bits per heavy atom. The van der Waals surface area contributed by atoms with Gasteiger partial charge < -0.3 is 9.72 Å². The Morgan fingerprint density at radius 2 is 2.25 bits per heavy atom. The fourth-order valence-electron chi connectivity index (χ4n) is 2.23. The topological polar surface area (TPSA) is 76.5 Å². The SMILES string of the molecule is CCOC(=O)c1cn2c(ccc3c(C)cc(=O)[nH]c32)n1. The first-order valence-electron chi connectivity index (χ1n) is 6.29. The average molecular weight is 271 g/mol. The van der Waals surface area contributed by atoms with E-state index in [1.165, 1.54) is 6.07 Å². The van der Waals surface area contributed by atoms with Gasteiger partial charge >= 0.3 is 5.97 Å². The molecule has 20 heavy (non-hydrogen) atoms. The number of aromatic nitrogens is 3. The molecule has 0 aliphatic heterocycles. The number of pyridine rings is 2. The number of H-pyrrole nitrogens is 1. The number of hydrogen-bond donors (Lipinski definition) is 1. The van der Waals surface area contributed by atoms with Crippen molar-refractivity contribution in [3.05, 3.63) is 46.0 Å². The molecule has 0 aromatic carbocycles. The van der Waals surface area contributed by atoms with E-state index in [0.29, 0.717) is 17.9 Å². The Labute approximate surface area is 114 Å². The third-order valence-electron chi connectivity index (χ3n) is 3.13. The Kier molecular flexibility index (Phi) is 2.78. The molecule has 1 N–H and O–H groups in total. The zero-order chi connectivity index (χ0) is 14.3. The van der Waals surface area contributed by atoms with E-state index in [-0.39, 0.29) is 11.3 Å². The van der Waals surface area contributed by atoms with Gasteiger partial charge in [-0.3, -0.25) is 9.20 Å². The van der Waals surface area contributed by atoms with E-state index in [9.17, 15) is 9.59 Å². The number of esters is 1. The maximum atomic E-state index is 11.7. The lowest BCUT2D eigenvalue weighted by atomic mass is 10.2. The normalized spacial score (nSPS) is 11.1. The molecule has 0 bridgehead atoms. The molecule has 102 valence electrons. The molecule has 0 saturated heterocycles. The molecule has 0 atom stereocenters. The first-order chi connectivity index (χ1) is 9.60. The smallest absolute Gasteiger partial charge is 0.358 e. The molecule has 3 aromatic rings. The monoisotopic (exact) mass is 271 g/mol. The van der Waals surface area contributed by atoms with Gasteiger partial charge in [0.2, 0.25) is 5.56 Å². The van der Waals surface area contributed by atoms with Crippen LogP contribution in [0.25, 0.3) is 16.7 Å². The standard InChI is InChI=1S/C14H13N3O3/c1-3-20-14(19)10-7-17-11(15-10)5-4-9-8(2)6-12(18)16-13(9)17/h4-7H,3H2,1-2H3,(H,16,18). The van der Waals surface area contributed by atoms with Gasteiger partial charge in [-0.2, -0.15) is 0 Å². The minimum atomic E-state index is -0.473. The van der Waals surface area contributed by atoms with Crippen molar-refractivity contribution in [2.45, 2.75) is 13.8 Å². The summed E-state index contributed by atoms with van der Waals surface area (Å²) in [7, 11) is 0. The number of hydrogen-bond acceptors (Lipinski definition) is 4. The van der Waals surface area contributed by atoms with E-state index in [1.807, 2.05) is 13.0 Å². The highest BCUT2D eigenvalue weighted by Crippen LogP contribution is 2.17. The van der Waals surface area contributed by atoms with Crippen LogP contribution in [0.15, 0.2) is 29.2 Å². The summed E-state index contributed by atoms with van der Waals surface area (Å²) >= 11 is 0. The summed E-state index contributed by atoms with van der Waals surface area (Å²) in [5.41, 5.74) is 2.12. The minimum absolute atomic E-state index is 0.186. The molecule has 0 aliphatic rings. The number of rotatable bonds is 2. The van der Waals surface area contributed by atoms with E-state index in [0.717, 1.165) is 10.9 Å². The number of nitrogens with zero attached hydrogens (tertiary/aromatic N) is 2. The van der Waals surface area contributed by atoms with E-state index in [1.54, 1.807) is 23.6 Å². The quantitative estimate of drug-likeness (QED) is 0.719. The molecule has 3 rings (SSSR count). The maximum Gasteiger partial charge on any atom is 0.358 e. The Hall–Kier alpha value is -2.63. The second kappa shape index (κ2) is 4.48. The predicted molar refractivity (Wildman–Crippen MR) is 74.0 cm³/mol. The number of aromatic amines is 1. The van der Waals surface area contributed by atoms with Gasteiger partial charge in [0.05, 0.1) is 6.61 Å². The van der Waals surface area contributed by atoms with Crippen molar-refractivity contribution < 1.29 is 9.53 Å². The largest absolute Gasteiger partial charge is 0.461 e. The summed E-state index contributed by atoms with van der Waals surface area (Å²) in [5.74, 6) is -0.473. The van der Waals surface area contributed by atoms with Crippen molar-refractivity contribution in [1.29, 1.82) is 0 Å². The molecule has 0 aliphatic carbocycles. The Bertz CT molecular complexity index is 876. The molecule has 0 radical (unpaired) electrons. The van der Waals surface area contributed by atoms with Crippen molar-refractivity contribution >= 4 is 22.6 Å². The van der Waals surface area contributed by atoms with Crippen molar-refractivity contribution in [2.24, 2.45) is 0 Å². The van der Waals surface area contributed by atoms with Gasteiger partial charge in [-0.1, -0.05) is 0 Å². The predicted octanol–water partition coefficient (Wildman–Crippen LogP) is 1.66. The fourth-order valence-corrected chi connectivity index (χ4v) is 2.23. The lowest BCUT2D eigenvalue weighted by Crippen LogP contribution is -2.07. The van der Waals surface area contributed by atoms with Gasteiger partial charge in [-0.05, 0) is 31.5 Å². The number of ether oxygens (including phenoxy) is 1. The van der Waals surface area contributed by atoms with E-state index in [4.69, 9.17) is 4.74 Å². The first kappa shape index (κ1) is 12.4. The van der Waals surface area contributed by atoms with E-state index >= 15 is 0 Å². The molecule has 0 unspecified atom stereocenters. The molecule has 3 heterocycles. The highest BCUT2D eigenvalue weighted by molar-refractivity contribution is 5.89. The summed E-state index contributed by atoms with van der Waals surface area (Å²) in [6.07, 6.45) is 1.57. The number of nitrogens with one attached hydrogen (secondary N) is 1. The van der Waals surface area contributed by atoms with Crippen molar-refractivity contribution in [3.63, 3.8) is 0 Å². The van der Waals surface area contributed by atoms with Crippen LogP contribution in [-0.2, 0) is 4.74 Å². The van der Waals surface area contributed by atoms with Gasteiger partial charge in [-0.15, -0.1) is 0 Å². The molecule has 0 amide bonds. The van der Waals surface area contributed by atoms with Crippen LogP contribution in [0.2, 0.25) is 0 Å². The van der Waals surface area contributed by atoms with Gasteiger partial charge in [-0.25, -0.2) is 9.78 Å². The third-order valence-corrected chi connectivity index (χ3v) is 3.13. The van der Waals surface area contributed by atoms with Gasteiger partial charge in [0, 0.05) is 17.6 Å². The van der Waals surface area contributed by atoms with Crippen molar-refractivity contribution in [1.82, 2.24) is 14.4 Å². The summed E-state index contributed by atoms with van der Waals surface area (Å²) in [6.45, 7) is 3.90. The van der Waals surface area contributed by atoms with Crippen molar-refractivity contribution in [3.8, 4) is 0 Å². The fraction of sp³-hybridized carbons (Fsp3) is 0.214. The van der Waals surface area contributed by atoms with Crippen LogP contribution in [0.1, 0.15) is 23.0 Å². The summed E-state index contributed by atoms with van der Waals surface area (Å²) < 4.78 is 6.62. The molecular weight excluding hydrogens is 258 g/mol. The number of imidazole rings is 1. The summed E-state index contributed by atoms with van der Waals surface area (Å²) in [4.78, 5) is 30.3. The van der Waals surface area contributed by atoms with Gasteiger partial charge in [0.25, 0.3) is 0 Å². The van der Waals surface area contributed by atoms with Gasteiger partial charge in [0.15, 0.2) is 5.69 Å². The highest BCUT2D eigenvalue weighted by Gasteiger charge is 2.13. The molecule has 3 aromatic heterocycles. The highest BCUT2D eigenvalue weighted by atomic mass is 16.5. The number of carbonyl (C=O) groups excluding carboxylic acids is 1. The zero-order valence-electron chi connectivity index (χ0n) is 11.1.